The number of aliphatic imine (C=N–C) groups is 1. The molecule has 0 aliphatic heterocycles. The molecule has 0 aliphatic rings. The minimum atomic E-state index is -0.691. The molecule has 31 heavy (non-hydrogen) atoms. The van der Waals surface area contributed by atoms with Gasteiger partial charge in [-0.15, -0.1) is 0 Å². The fourth-order valence-electron chi connectivity index (χ4n) is 3.18. The van der Waals surface area contributed by atoms with Crippen molar-refractivity contribution in [3.8, 4) is 11.5 Å². The summed E-state index contributed by atoms with van der Waals surface area (Å²) in [5.41, 5.74) is 2.47. The maximum atomic E-state index is 13.7. The van der Waals surface area contributed by atoms with Crippen LogP contribution in [0.5, 0.6) is 11.5 Å². The first-order valence-electron chi connectivity index (χ1n) is 9.57. The van der Waals surface area contributed by atoms with E-state index in [1.807, 2.05) is 30.3 Å². The van der Waals surface area contributed by atoms with Crippen molar-refractivity contribution < 1.29 is 14.3 Å². The lowest BCUT2D eigenvalue weighted by Gasteiger charge is -2.20. The van der Waals surface area contributed by atoms with Crippen molar-refractivity contribution >= 4 is 35.4 Å². The Bertz CT molecular complexity index is 1040. The Labute approximate surface area is 185 Å². The molecular weight excluding hydrogens is 412 g/mol. The van der Waals surface area contributed by atoms with Gasteiger partial charge in [-0.3, -0.25) is 9.79 Å². The number of aromatic nitrogens is 1. The van der Waals surface area contributed by atoms with Crippen LogP contribution in [-0.2, 0) is 0 Å². The molecule has 0 spiro atoms. The highest BCUT2D eigenvalue weighted by atomic mass is 32.1. The average molecular weight is 437 g/mol. The summed E-state index contributed by atoms with van der Waals surface area (Å²) in [4.78, 5) is 17.7. The lowest BCUT2D eigenvalue weighted by molar-refractivity contribution is 0.0965. The van der Waals surface area contributed by atoms with Crippen molar-refractivity contribution in [3.05, 3.63) is 70.7 Å². The van der Waals surface area contributed by atoms with Crippen molar-refractivity contribution in [1.29, 1.82) is 5.41 Å². The van der Waals surface area contributed by atoms with Gasteiger partial charge in [-0.05, 0) is 17.1 Å². The van der Waals surface area contributed by atoms with E-state index in [1.54, 1.807) is 51.1 Å². The summed E-state index contributed by atoms with van der Waals surface area (Å²) >= 11 is 1.19. The second-order valence-corrected chi connectivity index (χ2v) is 7.30. The number of methoxy groups -OCH3 is 2. The number of hydrogen-bond donors (Lipinski definition) is 2. The molecule has 0 amide bonds. The van der Waals surface area contributed by atoms with Crippen molar-refractivity contribution in [1.82, 2.24) is 4.37 Å². The molecule has 2 unspecified atom stereocenters. The van der Waals surface area contributed by atoms with E-state index in [0.717, 1.165) is 5.56 Å². The van der Waals surface area contributed by atoms with Crippen LogP contribution < -0.4 is 14.8 Å². The number of nitrogens with one attached hydrogen (secondary N) is 2. The van der Waals surface area contributed by atoms with Gasteiger partial charge in [0.25, 0.3) is 0 Å². The van der Waals surface area contributed by atoms with Crippen LogP contribution in [0.3, 0.4) is 0 Å². The SMILES string of the molecule is CN=CC(C=N)c1csnc1C(=O)C(Nc1cc(OC)cc(OC)c1)c1ccccc1. The van der Waals surface area contributed by atoms with Gasteiger partial charge in [0.1, 0.15) is 23.2 Å². The molecule has 0 saturated heterocycles. The van der Waals surface area contributed by atoms with E-state index >= 15 is 0 Å². The molecule has 2 N–H and O–H groups in total. The summed E-state index contributed by atoms with van der Waals surface area (Å²) in [6.07, 6.45) is 2.89. The lowest BCUT2D eigenvalue weighted by Crippen LogP contribution is -2.23. The maximum Gasteiger partial charge on any atom is 0.209 e. The van der Waals surface area contributed by atoms with Crippen LogP contribution in [0, 0.1) is 5.41 Å². The van der Waals surface area contributed by atoms with Crippen LogP contribution in [0.2, 0.25) is 0 Å². The number of rotatable bonds is 10. The molecule has 0 saturated carbocycles. The lowest BCUT2D eigenvalue weighted by atomic mass is 9.94. The van der Waals surface area contributed by atoms with Gasteiger partial charge in [-0.25, -0.2) is 0 Å². The van der Waals surface area contributed by atoms with Gasteiger partial charge < -0.3 is 20.2 Å². The molecule has 0 radical (unpaired) electrons. The summed E-state index contributed by atoms with van der Waals surface area (Å²) in [5, 5.41) is 12.8. The van der Waals surface area contributed by atoms with Crippen LogP contribution in [0.15, 0.2) is 58.9 Å². The fraction of sp³-hybridized carbons (Fsp3) is 0.217. The largest absolute Gasteiger partial charge is 0.497 e. The third kappa shape index (κ3) is 5.16. The highest BCUT2D eigenvalue weighted by Crippen LogP contribution is 2.31. The number of nitrogens with zero attached hydrogens (tertiary/aromatic N) is 2. The summed E-state index contributed by atoms with van der Waals surface area (Å²) in [6.45, 7) is 0. The molecule has 3 aromatic rings. The molecule has 7 nitrogen and oxygen atoms in total. The van der Waals surface area contributed by atoms with E-state index in [1.165, 1.54) is 17.7 Å². The Hall–Kier alpha value is -3.52. The van der Waals surface area contributed by atoms with E-state index < -0.39 is 12.0 Å². The van der Waals surface area contributed by atoms with E-state index in [4.69, 9.17) is 14.9 Å². The number of Topliss-reactive ketones (excluding diaryl/α,β-unsaturated/α-hetero) is 1. The molecule has 0 aliphatic carbocycles. The zero-order valence-corrected chi connectivity index (χ0v) is 18.3. The van der Waals surface area contributed by atoms with Gasteiger partial charge >= 0.3 is 0 Å². The Kier molecular flexibility index (Phi) is 7.50. The third-order valence-electron chi connectivity index (χ3n) is 4.74. The van der Waals surface area contributed by atoms with Crippen LogP contribution in [0.4, 0.5) is 5.69 Å². The predicted molar refractivity (Wildman–Crippen MR) is 125 cm³/mol. The summed E-state index contributed by atoms with van der Waals surface area (Å²) in [6, 6.07) is 14.1. The maximum absolute atomic E-state index is 13.7. The number of benzene rings is 2. The third-order valence-corrected chi connectivity index (χ3v) is 5.38. The van der Waals surface area contributed by atoms with Gasteiger partial charge in [-0.1, -0.05) is 30.3 Å². The molecule has 3 rings (SSSR count). The van der Waals surface area contributed by atoms with Gasteiger partial charge in [0.2, 0.25) is 5.78 Å². The van der Waals surface area contributed by atoms with Gasteiger partial charge in [0.05, 0.1) is 20.1 Å². The first-order valence-corrected chi connectivity index (χ1v) is 10.4. The monoisotopic (exact) mass is 436 g/mol. The molecule has 0 bridgehead atoms. The molecule has 1 aromatic heterocycles. The summed E-state index contributed by atoms with van der Waals surface area (Å²) in [7, 11) is 4.79. The quantitative estimate of drug-likeness (QED) is 0.357. The summed E-state index contributed by atoms with van der Waals surface area (Å²) < 4.78 is 15.1. The zero-order valence-electron chi connectivity index (χ0n) is 17.5. The molecular formula is C23H24N4O3S. The summed E-state index contributed by atoms with van der Waals surface area (Å²) in [5.74, 6) is 0.619. The van der Waals surface area contributed by atoms with Gasteiger partial charge in [0, 0.05) is 54.3 Å². The van der Waals surface area contributed by atoms with Crippen molar-refractivity contribution in [3.63, 3.8) is 0 Å². The Balaban J connectivity index is 2.03. The smallest absolute Gasteiger partial charge is 0.209 e. The number of carbonyl (C=O) groups excluding carboxylic acids is 1. The number of ether oxygens (including phenoxy) is 2. The highest BCUT2D eigenvalue weighted by Gasteiger charge is 2.28. The minimum Gasteiger partial charge on any atom is -0.497 e. The molecule has 8 heteroatoms. The van der Waals surface area contributed by atoms with Crippen LogP contribution >= 0.6 is 11.5 Å². The number of anilines is 1. The number of ketones is 1. The van der Waals surface area contributed by atoms with Crippen LogP contribution in [0.25, 0.3) is 0 Å². The normalized spacial score (nSPS) is 12.9. The predicted octanol–water partition coefficient (Wildman–Crippen LogP) is 4.63. The Morgan fingerprint density at radius 2 is 1.84 bits per heavy atom. The van der Waals surface area contributed by atoms with Crippen LogP contribution in [-0.4, -0.2) is 43.9 Å². The average Bonchev–Trinajstić information content (AvgIpc) is 3.30. The fourth-order valence-corrected chi connectivity index (χ4v) is 3.92. The zero-order chi connectivity index (χ0) is 22.2. The van der Waals surface area contributed by atoms with Crippen molar-refractivity contribution in [2.24, 2.45) is 4.99 Å². The Morgan fingerprint density at radius 1 is 1.16 bits per heavy atom. The molecule has 0 fully saturated rings. The van der Waals surface area contributed by atoms with E-state index in [9.17, 15) is 4.79 Å². The first kappa shape index (κ1) is 22.2. The molecule has 2 atom stereocenters. The van der Waals surface area contributed by atoms with E-state index in [0.29, 0.717) is 28.4 Å². The van der Waals surface area contributed by atoms with Crippen LogP contribution in [0.1, 0.15) is 33.6 Å². The molecule has 1 heterocycles. The minimum absolute atomic E-state index is 0.194. The molecule has 2 aromatic carbocycles. The van der Waals surface area contributed by atoms with E-state index in [-0.39, 0.29) is 5.78 Å². The number of hydrogen-bond acceptors (Lipinski definition) is 8. The topological polar surface area (TPSA) is 96.7 Å². The van der Waals surface area contributed by atoms with Gasteiger partial charge in [0.15, 0.2) is 0 Å². The Morgan fingerprint density at radius 3 is 2.42 bits per heavy atom. The van der Waals surface area contributed by atoms with Gasteiger partial charge in [-0.2, -0.15) is 4.37 Å². The van der Waals surface area contributed by atoms with Crippen molar-refractivity contribution in [2.75, 3.05) is 26.6 Å². The first-order chi connectivity index (χ1) is 15.1. The second-order valence-electron chi connectivity index (χ2n) is 6.67. The highest BCUT2D eigenvalue weighted by molar-refractivity contribution is 7.03. The van der Waals surface area contributed by atoms with E-state index in [2.05, 4.69) is 14.7 Å². The van der Waals surface area contributed by atoms with Crippen molar-refractivity contribution in [2.45, 2.75) is 12.0 Å². The number of carbonyl (C=O) groups is 1. The standard InChI is InChI=1S/C23H24N4O3S/c1-25-13-16(12-24)20-14-31-27-22(20)23(28)21(15-7-5-4-6-8-15)26-17-9-18(29-2)11-19(10-17)30-3/h4-14,16,21,24,26H,1-3H3. The molecule has 160 valence electrons. The second kappa shape index (κ2) is 10.5.